The minimum atomic E-state index is -0.500. The summed E-state index contributed by atoms with van der Waals surface area (Å²) in [6.45, 7) is 12.2. The highest BCUT2D eigenvalue weighted by molar-refractivity contribution is 14.0. The van der Waals surface area contributed by atoms with Crippen molar-refractivity contribution in [3.8, 4) is 5.75 Å². The van der Waals surface area contributed by atoms with Gasteiger partial charge in [0.25, 0.3) is 0 Å². The van der Waals surface area contributed by atoms with E-state index in [-0.39, 0.29) is 30.0 Å². The minimum absolute atomic E-state index is 0. The van der Waals surface area contributed by atoms with Gasteiger partial charge in [-0.3, -0.25) is 9.89 Å². The SMILES string of the molecule is CCNC(=NCC(c1ccc(OC)cc1)N1CCCC1)NCCNC(=O)OC(C)(C)C.I. The summed E-state index contributed by atoms with van der Waals surface area (Å²) >= 11 is 0. The first-order chi connectivity index (χ1) is 14.8. The number of methoxy groups -OCH3 is 1. The van der Waals surface area contributed by atoms with Crippen LogP contribution >= 0.6 is 24.0 Å². The molecule has 1 aromatic rings. The molecular weight excluding hydrogens is 521 g/mol. The molecular formula is C23H40IN5O3. The number of guanidine groups is 1. The summed E-state index contributed by atoms with van der Waals surface area (Å²) in [5, 5.41) is 9.32. The van der Waals surface area contributed by atoms with Gasteiger partial charge in [-0.2, -0.15) is 0 Å². The molecule has 0 aromatic heterocycles. The number of amides is 1. The van der Waals surface area contributed by atoms with Gasteiger partial charge in [0.1, 0.15) is 11.4 Å². The first kappa shape index (κ1) is 28.3. The second-order valence-corrected chi connectivity index (χ2v) is 8.61. The highest BCUT2D eigenvalue weighted by Gasteiger charge is 2.23. The quantitative estimate of drug-likeness (QED) is 0.185. The van der Waals surface area contributed by atoms with Gasteiger partial charge in [-0.1, -0.05) is 12.1 Å². The summed E-state index contributed by atoms with van der Waals surface area (Å²) < 4.78 is 10.6. The van der Waals surface area contributed by atoms with Gasteiger partial charge in [0.15, 0.2) is 5.96 Å². The number of aliphatic imine (C=N–C) groups is 1. The van der Waals surface area contributed by atoms with Crippen molar-refractivity contribution in [3.63, 3.8) is 0 Å². The van der Waals surface area contributed by atoms with Crippen LogP contribution in [0.5, 0.6) is 5.75 Å². The molecule has 8 nitrogen and oxygen atoms in total. The maximum absolute atomic E-state index is 11.8. The number of ether oxygens (including phenoxy) is 2. The number of rotatable bonds is 9. The number of halogens is 1. The Hall–Kier alpha value is -1.75. The second kappa shape index (κ2) is 14.4. The van der Waals surface area contributed by atoms with E-state index in [0.29, 0.717) is 19.6 Å². The molecule has 1 amide bonds. The molecule has 1 unspecified atom stereocenters. The first-order valence-corrected chi connectivity index (χ1v) is 11.2. The van der Waals surface area contributed by atoms with Crippen molar-refractivity contribution in [3.05, 3.63) is 29.8 Å². The van der Waals surface area contributed by atoms with Crippen LogP contribution in [0.3, 0.4) is 0 Å². The first-order valence-electron chi connectivity index (χ1n) is 11.2. The van der Waals surface area contributed by atoms with Gasteiger partial charge < -0.3 is 25.4 Å². The third-order valence-electron chi connectivity index (χ3n) is 4.93. The number of carbonyl (C=O) groups is 1. The van der Waals surface area contributed by atoms with Crippen molar-refractivity contribution < 1.29 is 14.3 Å². The molecule has 1 heterocycles. The lowest BCUT2D eigenvalue weighted by Gasteiger charge is -2.27. The molecule has 0 aliphatic carbocycles. The van der Waals surface area contributed by atoms with Gasteiger partial charge in [-0.25, -0.2) is 4.79 Å². The molecule has 9 heteroatoms. The van der Waals surface area contributed by atoms with Crippen LogP contribution in [0.1, 0.15) is 52.1 Å². The van der Waals surface area contributed by atoms with E-state index in [9.17, 15) is 4.79 Å². The number of benzene rings is 1. The van der Waals surface area contributed by atoms with Crippen LogP contribution in [0.25, 0.3) is 0 Å². The lowest BCUT2D eigenvalue weighted by atomic mass is 10.1. The summed E-state index contributed by atoms with van der Waals surface area (Å²) in [7, 11) is 1.68. The number of likely N-dealkylation sites (tertiary alicyclic amines) is 1. The van der Waals surface area contributed by atoms with Crippen LogP contribution in [0, 0.1) is 0 Å². The van der Waals surface area contributed by atoms with Gasteiger partial charge in [0.05, 0.1) is 19.7 Å². The third kappa shape index (κ3) is 10.2. The molecule has 1 aliphatic rings. The Morgan fingerprint density at radius 3 is 2.28 bits per heavy atom. The van der Waals surface area contributed by atoms with Crippen molar-refractivity contribution in [2.24, 2.45) is 4.99 Å². The number of hydrogen-bond donors (Lipinski definition) is 3. The zero-order valence-corrected chi connectivity index (χ0v) is 22.4. The molecule has 1 fully saturated rings. The Bertz CT molecular complexity index is 701. The minimum Gasteiger partial charge on any atom is -0.497 e. The Kier molecular flexibility index (Phi) is 12.7. The summed E-state index contributed by atoms with van der Waals surface area (Å²) in [5.74, 6) is 1.60. The molecule has 1 aliphatic heterocycles. The maximum Gasteiger partial charge on any atom is 0.407 e. The molecule has 182 valence electrons. The highest BCUT2D eigenvalue weighted by Crippen LogP contribution is 2.27. The van der Waals surface area contributed by atoms with Crippen molar-refractivity contribution in [1.29, 1.82) is 0 Å². The van der Waals surface area contributed by atoms with Crippen LogP contribution in [0.2, 0.25) is 0 Å². The van der Waals surface area contributed by atoms with Crippen molar-refractivity contribution in [2.75, 3.05) is 46.4 Å². The molecule has 1 saturated heterocycles. The summed E-state index contributed by atoms with van der Waals surface area (Å²) in [6.07, 6.45) is 2.04. The third-order valence-corrected chi connectivity index (χ3v) is 4.93. The Labute approximate surface area is 209 Å². The van der Waals surface area contributed by atoms with Gasteiger partial charge >= 0.3 is 6.09 Å². The van der Waals surface area contributed by atoms with Crippen LogP contribution in [0.4, 0.5) is 4.79 Å². The molecule has 0 saturated carbocycles. The topological polar surface area (TPSA) is 87.2 Å². The highest BCUT2D eigenvalue weighted by atomic mass is 127. The molecule has 32 heavy (non-hydrogen) atoms. The normalized spacial score (nSPS) is 15.5. The van der Waals surface area contributed by atoms with Crippen molar-refractivity contribution >= 4 is 36.0 Å². The summed E-state index contributed by atoms with van der Waals surface area (Å²) in [4.78, 5) is 19.1. The Morgan fingerprint density at radius 2 is 1.72 bits per heavy atom. The lowest BCUT2D eigenvalue weighted by molar-refractivity contribution is 0.0529. The monoisotopic (exact) mass is 561 g/mol. The fourth-order valence-corrected chi connectivity index (χ4v) is 3.49. The van der Waals surface area contributed by atoms with E-state index in [4.69, 9.17) is 14.5 Å². The van der Waals surface area contributed by atoms with Gasteiger partial charge in [-0.15, -0.1) is 24.0 Å². The fraction of sp³-hybridized carbons (Fsp3) is 0.652. The van der Waals surface area contributed by atoms with E-state index in [0.717, 1.165) is 31.3 Å². The largest absolute Gasteiger partial charge is 0.497 e. The summed E-state index contributed by atoms with van der Waals surface area (Å²) in [5.41, 5.74) is 0.744. The van der Waals surface area contributed by atoms with Crippen LogP contribution < -0.4 is 20.7 Å². The standard InChI is InChI=1S/C23H39N5O3.HI/c1-6-24-21(25-13-14-26-22(29)31-23(2,3)4)27-17-20(28-15-7-8-16-28)18-9-11-19(30-5)12-10-18;/h9-12,20H,6-8,13-17H2,1-5H3,(H,26,29)(H2,24,25,27);1H. The van der Waals surface area contributed by atoms with E-state index in [1.165, 1.54) is 18.4 Å². The van der Waals surface area contributed by atoms with Crippen LogP contribution in [-0.2, 0) is 4.74 Å². The Balaban J connectivity index is 0.00000512. The lowest BCUT2D eigenvalue weighted by Crippen LogP contribution is -2.43. The molecule has 1 aromatic carbocycles. The van der Waals surface area contributed by atoms with E-state index < -0.39 is 11.7 Å². The predicted molar refractivity (Wildman–Crippen MR) is 140 cm³/mol. The molecule has 2 rings (SSSR count). The number of carbonyl (C=O) groups excluding carboxylic acids is 1. The van der Waals surface area contributed by atoms with Crippen LogP contribution in [0.15, 0.2) is 29.3 Å². The number of nitrogens with zero attached hydrogens (tertiary/aromatic N) is 2. The predicted octanol–water partition coefficient (Wildman–Crippen LogP) is 3.53. The second-order valence-electron chi connectivity index (χ2n) is 8.61. The average molecular weight is 562 g/mol. The molecule has 0 bridgehead atoms. The van der Waals surface area contributed by atoms with Gasteiger partial charge in [0, 0.05) is 19.6 Å². The van der Waals surface area contributed by atoms with Crippen molar-refractivity contribution in [1.82, 2.24) is 20.9 Å². The van der Waals surface area contributed by atoms with Gasteiger partial charge in [-0.05, 0) is 71.3 Å². The maximum atomic E-state index is 11.8. The zero-order valence-electron chi connectivity index (χ0n) is 20.1. The molecule has 0 spiro atoms. The van der Waals surface area contributed by atoms with Gasteiger partial charge in [0.2, 0.25) is 0 Å². The Morgan fingerprint density at radius 1 is 1.09 bits per heavy atom. The fourth-order valence-electron chi connectivity index (χ4n) is 3.49. The number of hydrogen-bond acceptors (Lipinski definition) is 5. The molecule has 3 N–H and O–H groups in total. The van der Waals surface area contributed by atoms with Crippen molar-refractivity contribution in [2.45, 2.75) is 52.2 Å². The van der Waals surface area contributed by atoms with E-state index in [1.54, 1.807) is 7.11 Å². The number of nitrogens with one attached hydrogen (secondary N) is 3. The molecule has 1 atom stereocenters. The zero-order chi connectivity index (χ0) is 22.7. The molecule has 0 radical (unpaired) electrons. The number of alkyl carbamates (subject to hydrolysis) is 1. The van der Waals surface area contributed by atoms with Crippen LogP contribution in [-0.4, -0.2) is 68.9 Å². The van der Waals surface area contributed by atoms with E-state index in [1.807, 2.05) is 39.8 Å². The van der Waals surface area contributed by atoms with E-state index >= 15 is 0 Å². The summed E-state index contributed by atoms with van der Waals surface area (Å²) in [6, 6.07) is 8.50. The average Bonchev–Trinajstić information content (AvgIpc) is 3.25. The smallest absolute Gasteiger partial charge is 0.407 e. The van der Waals surface area contributed by atoms with E-state index in [2.05, 4.69) is 33.0 Å².